The van der Waals surface area contributed by atoms with E-state index in [2.05, 4.69) is 5.32 Å². The number of rotatable bonds is 4. The van der Waals surface area contributed by atoms with Crippen molar-refractivity contribution in [1.82, 2.24) is 10.2 Å². The van der Waals surface area contributed by atoms with Gasteiger partial charge >= 0.3 is 12.0 Å². The number of hydrogen-bond acceptors (Lipinski definition) is 4. The summed E-state index contributed by atoms with van der Waals surface area (Å²) in [6, 6.07) is -1.91. The number of carbonyl (C=O) groups is 3. The van der Waals surface area contributed by atoms with Gasteiger partial charge in [-0.25, -0.2) is 9.59 Å². The molecule has 1 saturated heterocycles. The first kappa shape index (κ1) is 14.2. The third-order valence-corrected chi connectivity index (χ3v) is 2.90. The van der Waals surface area contributed by atoms with Crippen molar-refractivity contribution < 1.29 is 24.6 Å². The number of aliphatic hydroxyl groups is 1. The molecule has 0 aromatic carbocycles. The van der Waals surface area contributed by atoms with Crippen molar-refractivity contribution in [2.45, 2.75) is 18.9 Å². The van der Waals surface area contributed by atoms with Gasteiger partial charge in [-0.3, -0.25) is 4.79 Å². The van der Waals surface area contributed by atoms with Crippen LogP contribution in [0.5, 0.6) is 0 Å². The van der Waals surface area contributed by atoms with Crippen LogP contribution in [0.1, 0.15) is 12.8 Å². The molecular weight excluding hydrogens is 242 g/mol. The zero-order valence-electron chi connectivity index (χ0n) is 9.83. The van der Waals surface area contributed by atoms with E-state index >= 15 is 0 Å². The van der Waals surface area contributed by atoms with E-state index in [0.29, 0.717) is 19.4 Å². The molecule has 8 nitrogen and oxygen atoms in total. The number of aliphatic hydroxyl groups excluding tert-OH is 1. The van der Waals surface area contributed by atoms with Crippen LogP contribution >= 0.6 is 0 Å². The summed E-state index contributed by atoms with van der Waals surface area (Å²) < 4.78 is 0. The number of carbonyl (C=O) groups excluding carboxylic acids is 2. The Hall–Kier alpha value is -1.83. The van der Waals surface area contributed by atoms with Crippen molar-refractivity contribution >= 4 is 17.9 Å². The first-order valence-corrected chi connectivity index (χ1v) is 5.64. The van der Waals surface area contributed by atoms with Crippen molar-refractivity contribution in [3.05, 3.63) is 0 Å². The molecule has 0 saturated carbocycles. The van der Waals surface area contributed by atoms with Gasteiger partial charge in [0.25, 0.3) is 0 Å². The van der Waals surface area contributed by atoms with Gasteiger partial charge in [-0.2, -0.15) is 0 Å². The fraction of sp³-hybridized carbons (Fsp3) is 0.700. The number of amides is 3. The number of urea groups is 1. The maximum Gasteiger partial charge on any atom is 0.328 e. The molecule has 0 spiro atoms. The van der Waals surface area contributed by atoms with Crippen LogP contribution in [0.25, 0.3) is 0 Å². The number of nitrogens with zero attached hydrogens (tertiary/aromatic N) is 1. The summed E-state index contributed by atoms with van der Waals surface area (Å²) in [6.45, 7) is 0.00767. The SMILES string of the molecule is NC(=O)N1CCCC(C(=O)N[C@@H](CO)C(=O)O)C1. The molecule has 1 unspecified atom stereocenters. The Morgan fingerprint density at radius 1 is 1.44 bits per heavy atom. The Labute approximate surface area is 104 Å². The molecule has 1 heterocycles. The van der Waals surface area contributed by atoms with E-state index in [1.54, 1.807) is 0 Å². The van der Waals surface area contributed by atoms with E-state index in [1.807, 2.05) is 0 Å². The molecule has 18 heavy (non-hydrogen) atoms. The summed E-state index contributed by atoms with van der Waals surface area (Å²) in [4.78, 5) is 34.8. The van der Waals surface area contributed by atoms with Gasteiger partial charge in [0.15, 0.2) is 0 Å². The van der Waals surface area contributed by atoms with Crippen LogP contribution in [0.2, 0.25) is 0 Å². The number of carboxylic acids is 1. The van der Waals surface area contributed by atoms with Crippen LogP contribution in [0, 0.1) is 5.92 Å². The highest BCUT2D eigenvalue weighted by atomic mass is 16.4. The lowest BCUT2D eigenvalue weighted by Gasteiger charge is -2.31. The van der Waals surface area contributed by atoms with E-state index < -0.39 is 36.5 Å². The topological polar surface area (TPSA) is 133 Å². The van der Waals surface area contributed by atoms with Gasteiger partial charge in [0.2, 0.25) is 5.91 Å². The number of piperidine rings is 1. The number of primary amides is 1. The molecule has 0 aliphatic carbocycles. The second-order valence-electron chi connectivity index (χ2n) is 4.21. The Bertz CT molecular complexity index is 346. The average molecular weight is 259 g/mol. The summed E-state index contributed by atoms with van der Waals surface area (Å²) >= 11 is 0. The highest BCUT2D eigenvalue weighted by Gasteiger charge is 2.29. The van der Waals surface area contributed by atoms with Crippen LogP contribution < -0.4 is 11.1 Å². The van der Waals surface area contributed by atoms with E-state index in [1.165, 1.54) is 4.90 Å². The highest BCUT2D eigenvalue weighted by Crippen LogP contribution is 2.16. The lowest BCUT2D eigenvalue weighted by atomic mass is 9.97. The van der Waals surface area contributed by atoms with E-state index in [0.717, 1.165) is 0 Å². The van der Waals surface area contributed by atoms with E-state index in [9.17, 15) is 14.4 Å². The van der Waals surface area contributed by atoms with Gasteiger partial charge in [-0.1, -0.05) is 0 Å². The molecule has 0 aromatic heterocycles. The van der Waals surface area contributed by atoms with Gasteiger partial charge in [-0.05, 0) is 12.8 Å². The smallest absolute Gasteiger partial charge is 0.328 e. The number of nitrogens with one attached hydrogen (secondary N) is 1. The van der Waals surface area contributed by atoms with Crippen LogP contribution in [0.4, 0.5) is 4.79 Å². The zero-order valence-corrected chi connectivity index (χ0v) is 9.83. The van der Waals surface area contributed by atoms with Crippen LogP contribution in [0.3, 0.4) is 0 Å². The lowest BCUT2D eigenvalue weighted by Crippen LogP contribution is -2.51. The molecule has 5 N–H and O–H groups in total. The number of likely N-dealkylation sites (tertiary alicyclic amines) is 1. The fourth-order valence-corrected chi connectivity index (χ4v) is 1.87. The quantitative estimate of drug-likeness (QED) is 0.479. The van der Waals surface area contributed by atoms with E-state index in [-0.39, 0.29) is 6.54 Å². The molecule has 3 amide bonds. The summed E-state index contributed by atoms with van der Waals surface area (Å²) in [6.07, 6.45) is 1.20. The number of carboxylic acid groups (broad SMARTS) is 1. The Morgan fingerprint density at radius 2 is 2.11 bits per heavy atom. The molecule has 0 bridgehead atoms. The maximum atomic E-state index is 11.8. The summed E-state index contributed by atoms with van der Waals surface area (Å²) in [5.41, 5.74) is 5.13. The number of nitrogens with two attached hydrogens (primary N) is 1. The van der Waals surface area contributed by atoms with Gasteiger partial charge in [0.1, 0.15) is 6.04 Å². The predicted molar refractivity (Wildman–Crippen MR) is 60.5 cm³/mol. The average Bonchev–Trinajstić information content (AvgIpc) is 2.35. The van der Waals surface area contributed by atoms with Gasteiger partial charge in [0.05, 0.1) is 12.5 Å². The van der Waals surface area contributed by atoms with Crippen molar-refractivity contribution in [1.29, 1.82) is 0 Å². The lowest BCUT2D eigenvalue weighted by molar-refractivity contribution is -0.143. The van der Waals surface area contributed by atoms with Crippen molar-refractivity contribution in [2.75, 3.05) is 19.7 Å². The number of aliphatic carboxylic acids is 1. The largest absolute Gasteiger partial charge is 0.480 e. The summed E-state index contributed by atoms with van der Waals surface area (Å²) in [7, 11) is 0. The second kappa shape index (κ2) is 6.20. The molecule has 102 valence electrons. The van der Waals surface area contributed by atoms with Crippen LogP contribution in [0.15, 0.2) is 0 Å². The first-order valence-electron chi connectivity index (χ1n) is 5.64. The Kier molecular flexibility index (Phi) is 4.90. The number of hydrogen-bond donors (Lipinski definition) is 4. The molecule has 0 aromatic rings. The Morgan fingerprint density at radius 3 is 2.61 bits per heavy atom. The minimum absolute atomic E-state index is 0.179. The molecule has 2 atom stereocenters. The third kappa shape index (κ3) is 3.59. The second-order valence-corrected chi connectivity index (χ2v) is 4.21. The minimum Gasteiger partial charge on any atom is -0.480 e. The molecule has 1 rings (SSSR count). The van der Waals surface area contributed by atoms with Crippen LogP contribution in [-0.4, -0.2) is 58.8 Å². The molecule has 8 heteroatoms. The molecular formula is C10H17N3O5. The van der Waals surface area contributed by atoms with Crippen molar-refractivity contribution in [3.8, 4) is 0 Å². The molecule has 0 radical (unpaired) electrons. The van der Waals surface area contributed by atoms with Crippen LogP contribution in [-0.2, 0) is 9.59 Å². The summed E-state index contributed by atoms with van der Waals surface area (Å²) in [5.74, 6) is -2.27. The minimum atomic E-state index is -1.32. The van der Waals surface area contributed by atoms with Gasteiger partial charge in [0, 0.05) is 13.1 Å². The third-order valence-electron chi connectivity index (χ3n) is 2.90. The monoisotopic (exact) mass is 259 g/mol. The molecule has 1 aliphatic rings. The van der Waals surface area contributed by atoms with Crippen molar-refractivity contribution in [2.24, 2.45) is 11.7 Å². The molecule has 1 aliphatic heterocycles. The fourth-order valence-electron chi connectivity index (χ4n) is 1.87. The first-order chi connectivity index (χ1) is 8.45. The highest BCUT2D eigenvalue weighted by molar-refractivity contribution is 5.85. The predicted octanol–water partition coefficient (Wildman–Crippen LogP) is -1.66. The van der Waals surface area contributed by atoms with Gasteiger partial charge in [-0.15, -0.1) is 0 Å². The summed E-state index contributed by atoms with van der Waals surface area (Å²) in [5, 5.41) is 19.7. The molecule has 1 fully saturated rings. The standard InChI is InChI=1S/C10H17N3O5/c11-10(18)13-3-1-2-6(4-13)8(15)12-7(5-14)9(16)17/h6-7,14H,1-5H2,(H2,11,18)(H,12,15)(H,16,17)/t6?,7-/m0/s1. The van der Waals surface area contributed by atoms with Crippen molar-refractivity contribution in [3.63, 3.8) is 0 Å². The maximum absolute atomic E-state index is 11.8. The van der Waals surface area contributed by atoms with Gasteiger partial charge < -0.3 is 26.2 Å². The normalized spacial score (nSPS) is 21.2. The Balaban J connectivity index is 2.55. The van der Waals surface area contributed by atoms with E-state index in [4.69, 9.17) is 15.9 Å². The zero-order chi connectivity index (χ0) is 13.7.